The fourth-order valence-corrected chi connectivity index (χ4v) is 0.398. The van der Waals surface area contributed by atoms with Crippen LogP contribution in [0.3, 0.4) is 0 Å². The Hall–Kier alpha value is -0.220. The topological polar surface area (TPSA) is 29.5 Å². The first-order valence-corrected chi connectivity index (χ1v) is 3.56. The van der Waals surface area contributed by atoms with Crippen LogP contribution in [-0.4, -0.2) is 23.9 Å². The first kappa shape index (κ1) is 10.8. The van der Waals surface area contributed by atoms with Crippen LogP contribution in [-0.2, 0) is 4.74 Å². The van der Waals surface area contributed by atoms with Crippen LogP contribution in [0.25, 0.3) is 0 Å². The summed E-state index contributed by atoms with van der Waals surface area (Å²) in [4.78, 5) is 0. The molecule has 1 unspecified atom stereocenters. The summed E-state index contributed by atoms with van der Waals surface area (Å²) in [6.45, 7) is 3.80. The Bertz CT molecular complexity index is 113. The summed E-state index contributed by atoms with van der Waals surface area (Å²) in [7, 11) is 0. The van der Waals surface area contributed by atoms with Gasteiger partial charge in [0.1, 0.15) is 0 Å². The standard InChI is InChI=1S/C7H14F2O2/c1-5(2)7(8,9)11-4-6(3)10/h5-6,10H,4H2,1-3H3. The summed E-state index contributed by atoms with van der Waals surface area (Å²) in [6, 6.07) is 0. The predicted molar refractivity (Wildman–Crippen MR) is 37.4 cm³/mol. The molecule has 0 radical (unpaired) electrons. The number of alkyl halides is 2. The third-order valence-corrected chi connectivity index (χ3v) is 1.19. The van der Waals surface area contributed by atoms with E-state index in [1.54, 1.807) is 0 Å². The molecular formula is C7H14F2O2. The maximum atomic E-state index is 12.6. The van der Waals surface area contributed by atoms with E-state index in [0.29, 0.717) is 0 Å². The number of hydrogen-bond acceptors (Lipinski definition) is 2. The Morgan fingerprint density at radius 3 is 2.09 bits per heavy atom. The van der Waals surface area contributed by atoms with Gasteiger partial charge in [-0.25, -0.2) is 0 Å². The van der Waals surface area contributed by atoms with E-state index in [4.69, 9.17) is 5.11 Å². The zero-order valence-electron chi connectivity index (χ0n) is 6.97. The second kappa shape index (κ2) is 3.97. The molecule has 0 aromatic rings. The molecule has 0 saturated carbocycles. The number of halogens is 2. The first-order chi connectivity index (χ1) is 4.86. The summed E-state index contributed by atoms with van der Waals surface area (Å²) in [6.07, 6.45) is -3.98. The van der Waals surface area contributed by atoms with Gasteiger partial charge in [0, 0.05) is 5.92 Å². The SMILES string of the molecule is CC(O)COC(F)(F)C(C)C. The summed E-state index contributed by atoms with van der Waals surface area (Å²) in [5.74, 6) is -0.860. The van der Waals surface area contributed by atoms with Gasteiger partial charge in [0.15, 0.2) is 0 Å². The molecule has 4 heteroatoms. The fourth-order valence-electron chi connectivity index (χ4n) is 0.398. The third kappa shape index (κ3) is 4.27. The van der Waals surface area contributed by atoms with E-state index in [-0.39, 0.29) is 6.61 Å². The lowest BCUT2D eigenvalue weighted by Gasteiger charge is -2.20. The maximum Gasteiger partial charge on any atom is 0.358 e. The molecule has 0 heterocycles. The number of hydrogen-bond donors (Lipinski definition) is 1. The molecule has 68 valence electrons. The fraction of sp³-hybridized carbons (Fsp3) is 1.00. The van der Waals surface area contributed by atoms with Crippen LogP contribution in [0.1, 0.15) is 20.8 Å². The molecule has 1 N–H and O–H groups in total. The molecule has 0 aliphatic heterocycles. The van der Waals surface area contributed by atoms with Gasteiger partial charge >= 0.3 is 6.11 Å². The van der Waals surface area contributed by atoms with Crippen molar-refractivity contribution in [3.63, 3.8) is 0 Å². The molecule has 0 aliphatic carbocycles. The molecule has 0 rings (SSSR count). The van der Waals surface area contributed by atoms with Gasteiger partial charge in [-0.1, -0.05) is 13.8 Å². The molecule has 0 spiro atoms. The minimum atomic E-state index is -3.13. The molecule has 0 fully saturated rings. The van der Waals surface area contributed by atoms with E-state index in [1.807, 2.05) is 0 Å². The monoisotopic (exact) mass is 168 g/mol. The van der Waals surface area contributed by atoms with Crippen LogP contribution in [0.5, 0.6) is 0 Å². The molecule has 2 nitrogen and oxygen atoms in total. The van der Waals surface area contributed by atoms with Crippen LogP contribution >= 0.6 is 0 Å². The molecule has 11 heavy (non-hydrogen) atoms. The van der Waals surface area contributed by atoms with Crippen molar-refractivity contribution < 1.29 is 18.6 Å². The van der Waals surface area contributed by atoms with Crippen LogP contribution in [0.4, 0.5) is 8.78 Å². The molecule has 0 saturated heterocycles. The minimum Gasteiger partial charge on any atom is -0.391 e. The quantitative estimate of drug-likeness (QED) is 0.691. The van der Waals surface area contributed by atoms with E-state index < -0.39 is 18.1 Å². The van der Waals surface area contributed by atoms with Crippen molar-refractivity contribution in [3.05, 3.63) is 0 Å². The Balaban J connectivity index is 3.73. The van der Waals surface area contributed by atoms with E-state index in [2.05, 4.69) is 4.74 Å². The van der Waals surface area contributed by atoms with Crippen molar-refractivity contribution in [2.24, 2.45) is 5.92 Å². The Morgan fingerprint density at radius 1 is 1.36 bits per heavy atom. The first-order valence-electron chi connectivity index (χ1n) is 3.56. The lowest BCUT2D eigenvalue weighted by atomic mass is 10.2. The van der Waals surface area contributed by atoms with E-state index >= 15 is 0 Å². The summed E-state index contributed by atoms with van der Waals surface area (Å²) < 4.78 is 29.3. The number of aliphatic hydroxyl groups excluding tert-OH is 1. The van der Waals surface area contributed by atoms with Gasteiger partial charge in [-0.05, 0) is 6.92 Å². The molecular weight excluding hydrogens is 154 g/mol. The normalized spacial score (nSPS) is 15.5. The van der Waals surface area contributed by atoms with Crippen LogP contribution < -0.4 is 0 Å². The lowest BCUT2D eigenvalue weighted by Crippen LogP contribution is -2.30. The maximum absolute atomic E-state index is 12.6. The molecule has 0 aliphatic rings. The molecule has 0 bridgehead atoms. The highest BCUT2D eigenvalue weighted by Crippen LogP contribution is 2.25. The highest BCUT2D eigenvalue weighted by Gasteiger charge is 2.34. The van der Waals surface area contributed by atoms with Crippen molar-refractivity contribution in [1.29, 1.82) is 0 Å². The second-order valence-corrected chi connectivity index (χ2v) is 2.88. The minimum absolute atomic E-state index is 0.328. The van der Waals surface area contributed by atoms with Gasteiger partial charge < -0.3 is 9.84 Å². The lowest BCUT2D eigenvalue weighted by molar-refractivity contribution is -0.272. The van der Waals surface area contributed by atoms with Crippen molar-refractivity contribution in [2.75, 3.05) is 6.61 Å². The van der Waals surface area contributed by atoms with Gasteiger partial charge in [-0.2, -0.15) is 8.78 Å². The Morgan fingerprint density at radius 2 is 1.82 bits per heavy atom. The van der Waals surface area contributed by atoms with Gasteiger partial charge in [0.2, 0.25) is 0 Å². The molecule has 1 atom stereocenters. The second-order valence-electron chi connectivity index (χ2n) is 2.88. The third-order valence-electron chi connectivity index (χ3n) is 1.19. The average Bonchev–Trinajstić information content (AvgIpc) is 1.84. The number of ether oxygens (including phenoxy) is 1. The van der Waals surface area contributed by atoms with Gasteiger partial charge in [-0.3, -0.25) is 0 Å². The summed E-state index contributed by atoms with van der Waals surface area (Å²) in [5.41, 5.74) is 0. The largest absolute Gasteiger partial charge is 0.391 e. The number of aliphatic hydroxyl groups is 1. The van der Waals surface area contributed by atoms with E-state index in [1.165, 1.54) is 20.8 Å². The van der Waals surface area contributed by atoms with Crippen molar-refractivity contribution in [2.45, 2.75) is 33.0 Å². The Kier molecular flexibility index (Phi) is 3.89. The summed E-state index contributed by atoms with van der Waals surface area (Å²) >= 11 is 0. The van der Waals surface area contributed by atoms with Gasteiger partial charge in [0.05, 0.1) is 12.7 Å². The Labute approximate surface area is 65.2 Å². The molecule has 0 amide bonds. The predicted octanol–water partition coefficient (Wildman–Crippen LogP) is 1.63. The highest BCUT2D eigenvalue weighted by atomic mass is 19.3. The highest BCUT2D eigenvalue weighted by molar-refractivity contribution is 4.58. The molecule has 0 aromatic carbocycles. The smallest absolute Gasteiger partial charge is 0.358 e. The molecule has 0 aromatic heterocycles. The van der Waals surface area contributed by atoms with Crippen LogP contribution in [0.15, 0.2) is 0 Å². The van der Waals surface area contributed by atoms with Crippen LogP contribution in [0.2, 0.25) is 0 Å². The zero-order chi connectivity index (χ0) is 9.07. The number of rotatable bonds is 4. The zero-order valence-corrected chi connectivity index (χ0v) is 6.97. The van der Waals surface area contributed by atoms with Crippen molar-refractivity contribution in [3.8, 4) is 0 Å². The van der Waals surface area contributed by atoms with Crippen molar-refractivity contribution in [1.82, 2.24) is 0 Å². The van der Waals surface area contributed by atoms with Gasteiger partial charge in [0.25, 0.3) is 0 Å². The summed E-state index contributed by atoms with van der Waals surface area (Å²) in [5, 5.41) is 8.64. The van der Waals surface area contributed by atoms with Crippen LogP contribution in [0, 0.1) is 5.92 Å². The van der Waals surface area contributed by atoms with Crippen molar-refractivity contribution >= 4 is 0 Å². The average molecular weight is 168 g/mol. The van der Waals surface area contributed by atoms with E-state index in [9.17, 15) is 8.78 Å². The van der Waals surface area contributed by atoms with Gasteiger partial charge in [-0.15, -0.1) is 0 Å². The van der Waals surface area contributed by atoms with E-state index in [0.717, 1.165) is 0 Å².